The molecule has 2 amide bonds. The molecule has 0 bridgehead atoms. The Morgan fingerprint density at radius 3 is 2.67 bits per heavy atom. The zero-order valence-corrected chi connectivity index (χ0v) is 21.1. The highest BCUT2D eigenvalue weighted by Crippen LogP contribution is 2.38. The van der Waals surface area contributed by atoms with Gasteiger partial charge in [0.05, 0.1) is 12.6 Å². The van der Waals surface area contributed by atoms with Gasteiger partial charge in [0.25, 0.3) is 5.91 Å². The van der Waals surface area contributed by atoms with E-state index in [2.05, 4.69) is 40.6 Å². The standard InChI is InChI=1S/C28H29N3O4S/c1-19-16-29(12-13-31(19)28(33)21-7-8-23-24(15-21)35-18-34-23)26(32)17-30-11-9-25-22(10-14-36-25)27(30)20-5-3-2-4-6-20/h2-8,10,14-15,19,27H,9,11-13,16-18H2,1H3/t19-,27-/m0/s1. The van der Waals surface area contributed by atoms with E-state index in [0.29, 0.717) is 43.2 Å². The van der Waals surface area contributed by atoms with Crippen molar-refractivity contribution in [3.63, 3.8) is 0 Å². The quantitative estimate of drug-likeness (QED) is 0.542. The van der Waals surface area contributed by atoms with E-state index >= 15 is 0 Å². The summed E-state index contributed by atoms with van der Waals surface area (Å²) in [4.78, 5) is 34.2. The Kier molecular flexibility index (Phi) is 6.15. The molecule has 0 unspecified atom stereocenters. The van der Waals surface area contributed by atoms with Gasteiger partial charge in [-0.15, -0.1) is 11.3 Å². The maximum atomic E-state index is 13.5. The average Bonchev–Trinajstić information content (AvgIpc) is 3.57. The van der Waals surface area contributed by atoms with Crippen LogP contribution >= 0.6 is 11.3 Å². The summed E-state index contributed by atoms with van der Waals surface area (Å²) in [5.41, 5.74) is 3.12. The Bertz CT molecular complexity index is 1280. The Morgan fingerprint density at radius 1 is 1.00 bits per heavy atom. The molecule has 0 radical (unpaired) electrons. The summed E-state index contributed by atoms with van der Waals surface area (Å²) < 4.78 is 10.8. The summed E-state index contributed by atoms with van der Waals surface area (Å²) in [6, 6.07) is 18.0. The number of thiophene rings is 1. The Balaban J connectivity index is 1.13. The second-order valence-corrected chi connectivity index (χ2v) is 10.6. The first kappa shape index (κ1) is 23.1. The van der Waals surface area contributed by atoms with Gasteiger partial charge < -0.3 is 19.3 Å². The molecule has 1 saturated heterocycles. The third-order valence-corrected chi connectivity index (χ3v) is 8.38. The molecule has 0 N–H and O–H groups in total. The minimum Gasteiger partial charge on any atom is -0.454 e. The van der Waals surface area contributed by atoms with Gasteiger partial charge in [0, 0.05) is 42.7 Å². The van der Waals surface area contributed by atoms with Crippen molar-refractivity contribution in [2.45, 2.75) is 25.4 Å². The fourth-order valence-corrected chi connectivity index (χ4v) is 6.42. The molecular formula is C28H29N3O4S. The molecule has 0 saturated carbocycles. The predicted molar refractivity (Wildman–Crippen MR) is 138 cm³/mol. The Morgan fingerprint density at radius 2 is 1.83 bits per heavy atom. The zero-order chi connectivity index (χ0) is 24.6. The van der Waals surface area contributed by atoms with Crippen LogP contribution in [0.3, 0.4) is 0 Å². The number of hydrogen-bond donors (Lipinski definition) is 0. The van der Waals surface area contributed by atoms with Crippen LogP contribution < -0.4 is 9.47 Å². The van der Waals surface area contributed by atoms with Crippen LogP contribution in [-0.2, 0) is 11.2 Å². The molecule has 4 heterocycles. The average molecular weight is 504 g/mol. The van der Waals surface area contributed by atoms with Crippen molar-refractivity contribution in [2.24, 2.45) is 0 Å². The van der Waals surface area contributed by atoms with Crippen LogP contribution in [0.1, 0.15) is 39.3 Å². The summed E-state index contributed by atoms with van der Waals surface area (Å²) in [7, 11) is 0. The van der Waals surface area contributed by atoms with Crippen molar-refractivity contribution in [1.29, 1.82) is 0 Å². The molecule has 8 heteroatoms. The van der Waals surface area contributed by atoms with E-state index in [1.807, 2.05) is 22.8 Å². The number of carbonyl (C=O) groups is 2. The van der Waals surface area contributed by atoms with Gasteiger partial charge >= 0.3 is 0 Å². The first-order valence-corrected chi connectivity index (χ1v) is 13.3. The molecule has 6 rings (SSSR count). The fraction of sp³-hybridized carbons (Fsp3) is 0.357. The number of carbonyl (C=O) groups excluding carboxylic acids is 2. The van der Waals surface area contributed by atoms with Crippen molar-refractivity contribution in [2.75, 3.05) is 39.5 Å². The number of piperazine rings is 1. The van der Waals surface area contributed by atoms with E-state index in [0.717, 1.165) is 13.0 Å². The highest BCUT2D eigenvalue weighted by atomic mass is 32.1. The molecule has 2 aromatic carbocycles. The molecular weight excluding hydrogens is 474 g/mol. The number of ether oxygens (including phenoxy) is 2. The van der Waals surface area contributed by atoms with Crippen molar-refractivity contribution in [3.8, 4) is 11.5 Å². The minimum atomic E-state index is -0.0737. The lowest BCUT2D eigenvalue weighted by Crippen LogP contribution is -2.57. The summed E-state index contributed by atoms with van der Waals surface area (Å²) in [5.74, 6) is 1.34. The van der Waals surface area contributed by atoms with E-state index in [1.54, 1.807) is 29.5 Å². The molecule has 3 aliphatic heterocycles. The Labute approximate surface area is 214 Å². The molecule has 186 valence electrons. The predicted octanol–water partition coefficient (Wildman–Crippen LogP) is 3.80. The number of benzene rings is 2. The smallest absolute Gasteiger partial charge is 0.254 e. The van der Waals surface area contributed by atoms with Crippen molar-refractivity contribution < 1.29 is 19.1 Å². The first-order valence-electron chi connectivity index (χ1n) is 12.4. The second kappa shape index (κ2) is 9.59. The monoisotopic (exact) mass is 503 g/mol. The van der Waals surface area contributed by atoms with Gasteiger partial charge in [0.15, 0.2) is 11.5 Å². The highest BCUT2D eigenvalue weighted by molar-refractivity contribution is 7.10. The lowest BCUT2D eigenvalue weighted by molar-refractivity contribution is -0.135. The maximum absolute atomic E-state index is 13.5. The van der Waals surface area contributed by atoms with Gasteiger partial charge in [-0.3, -0.25) is 14.5 Å². The SMILES string of the molecule is C[C@H]1CN(C(=O)CN2CCc3sccc3[C@@H]2c2ccccc2)CCN1C(=O)c1ccc2c(c1)OCO2. The summed E-state index contributed by atoms with van der Waals surface area (Å²) in [5, 5.41) is 2.16. The van der Waals surface area contributed by atoms with Crippen LogP contribution in [0.2, 0.25) is 0 Å². The molecule has 1 aromatic heterocycles. The normalized spacial score (nSPS) is 21.4. The summed E-state index contributed by atoms with van der Waals surface area (Å²) in [6.45, 7) is 5.00. The van der Waals surface area contributed by atoms with Crippen LogP contribution in [-0.4, -0.2) is 72.1 Å². The minimum absolute atomic E-state index is 0.0435. The number of amides is 2. The van der Waals surface area contributed by atoms with Crippen molar-refractivity contribution in [1.82, 2.24) is 14.7 Å². The second-order valence-electron chi connectivity index (χ2n) is 9.59. The lowest BCUT2D eigenvalue weighted by atomic mass is 9.93. The van der Waals surface area contributed by atoms with Crippen LogP contribution in [0.4, 0.5) is 0 Å². The third-order valence-electron chi connectivity index (χ3n) is 7.38. The topological polar surface area (TPSA) is 62.3 Å². The summed E-state index contributed by atoms with van der Waals surface area (Å²) >= 11 is 1.81. The van der Waals surface area contributed by atoms with Crippen LogP contribution in [0, 0.1) is 0 Å². The number of hydrogen-bond acceptors (Lipinski definition) is 6. The van der Waals surface area contributed by atoms with Crippen LogP contribution in [0.15, 0.2) is 60.0 Å². The van der Waals surface area contributed by atoms with Gasteiger partial charge in [-0.1, -0.05) is 30.3 Å². The molecule has 7 nitrogen and oxygen atoms in total. The molecule has 3 aliphatic rings. The van der Waals surface area contributed by atoms with E-state index in [-0.39, 0.29) is 30.7 Å². The molecule has 3 aromatic rings. The molecule has 0 spiro atoms. The molecule has 2 atom stereocenters. The Hall–Kier alpha value is -3.36. The van der Waals surface area contributed by atoms with Gasteiger partial charge in [-0.2, -0.15) is 0 Å². The van der Waals surface area contributed by atoms with E-state index in [4.69, 9.17) is 9.47 Å². The third kappa shape index (κ3) is 4.24. The van der Waals surface area contributed by atoms with Crippen molar-refractivity contribution >= 4 is 23.2 Å². The van der Waals surface area contributed by atoms with Crippen LogP contribution in [0.5, 0.6) is 11.5 Å². The highest BCUT2D eigenvalue weighted by Gasteiger charge is 2.35. The van der Waals surface area contributed by atoms with Crippen LogP contribution in [0.25, 0.3) is 0 Å². The van der Waals surface area contributed by atoms with Gasteiger partial charge in [-0.05, 0) is 54.1 Å². The first-order chi connectivity index (χ1) is 17.6. The number of nitrogens with zero attached hydrogens (tertiary/aromatic N) is 3. The number of rotatable bonds is 4. The van der Waals surface area contributed by atoms with Gasteiger partial charge in [0.1, 0.15) is 0 Å². The largest absolute Gasteiger partial charge is 0.454 e. The van der Waals surface area contributed by atoms with E-state index in [9.17, 15) is 9.59 Å². The lowest BCUT2D eigenvalue weighted by Gasteiger charge is -2.42. The molecule has 1 fully saturated rings. The molecule has 36 heavy (non-hydrogen) atoms. The zero-order valence-electron chi connectivity index (χ0n) is 20.3. The van der Waals surface area contributed by atoms with E-state index in [1.165, 1.54) is 16.0 Å². The van der Waals surface area contributed by atoms with Crippen molar-refractivity contribution in [3.05, 3.63) is 81.5 Å². The molecule has 0 aliphatic carbocycles. The van der Waals surface area contributed by atoms with Gasteiger partial charge in [-0.25, -0.2) is 0 Å². The maximum Gasteiger partial charge on any atom is 0.254 e. The van der Waals surface area contributed by atoms with E-state index < -0.39 is 0 Å². The fourth-order valence-electron chi connectivity index (χ4n) is 5.52. The summed E-state index contributed by atoms with van der Waals surface area (Å²) in [6.07, 6.45) is 0.970. The number of fused-ring (bicyclic) bond motifs is 2. The van der Waals surface area contributed by atoms with Gasteiger partial charge in [0.2, 0.25) is 12.7 Å².